The Morgan fingerprint density at radius 3 is 2.65 bits per heavy atom. The largest absolute Gasteiger partial charge is 0.492 e. The van der Waals surface area contributed by atoms with Gasteiger partial charge in [-0.2, -0.15) is 0 Å². The van der Waals surface area contributed by atoms with Gasteiger partial charge in [-0.3, -0.25) is 4.79 Å². The summed E-state index contributed by atoms with van der Waals surface area (Å²) in [6.07, 6.45) is 0. The molecule has 0 aliphatic carbocycles. The zero-order valence-electron chi connectivity index (χ0n) is 10.1. The highest BCUT2D eigenvalue weighted by atomic mass is 35.5. The number of carbonyl (C=O) groups excluding carboxylic acids is 1. The summed E-state index contributed by atoms with van der Waals surface area (Å²) < 4.78 is 10.2. The Bertz CT molecular complexity index is 418. The average molecular weight is 258 g/mol. The summed E-state index contributed by atoms with van der Waals surface area (Å²) in [6, 6.07) is 4.97. The van der Waals surface area contributed by atoms with E-state index >= 15 is 0 Å². The molecule has 0 aliphatic rings. The SMILES string of the molecule is COC(=O)C(C)(C)COc1ccc(N)c(Cl)c1. The fourth-order valence-corrected chi connectivity index (χ4v) is 1.37. The smallest absolute Gasteiger partial charge is 0.314 e. The molecular weight excluding hydrogens is 242 g/mol. The molecule has 0 atom stereocenters. The fourth-order valence-electron chi connectivity index (χ4n) is 1.20. The first-order chi connectivity index (χ1) is 7.86. The van der Waals surface area contributed by atoms with Crippen LogP contribution in [0.25, 0.3) is 0 Å². The summed E-state index contributed by atoms with van der Waals surface area (Å²) >= 11 is 5.86. The molecule has 17 heavy (non-hydrogen) atoms. The van der Waals surface area contributed by atoms with Crippen LogP contribution in [-0.4, -0.2) is 19.7 Å². The van der Waals surface area contributed by atoms with Crippen molar-refractivity contribution in [3.8, 4) is 5.75 Å². The highest BCUT2D eigenvalue weighted by Gasteiger charge is 2.29. The van der Waals surface area contributed by atoms with Gasteiger partial charge in [0.25, 0.3) is 0 Å². The highest BCUT2D eigenvalue weighted by Crippen LogP contribution is 2.26. The van der Waals surface area contributed by atoms with Crippen molar-refractivity contribution in [3.05, 3.63) is 23.2 Å². The van der Waals surface area contributed by atoms with Crippen molar-refractivity contribution in [1.82, 2.24) is 0 Å². The first-order valence-electron chi connectivity index (χ1n) is 5.13. The standard InChI is InChI=1S/C12H16ClNO3/c1-12(2,11(15)16-3)7-17-8-4-5-10(14)9(13)6-8/h4-6H,7,14H2,1-3H3. The summed E-state index contributed by atoms with van der Waals surface area (Å²) in [4.78, 5) is 11.4. The lowest BCUT2D eigenvalue weighted by atomic mass is 9.95. The second-order valence-corrected chi connectivity index (χ2v) is 4.75. The maximum Gasteiger partial charge on any atom is 0.314 e. The number of esters is 1. The third kappa shape index (κ3) is 3.53. The molecule has 1 rings (SSSR count). The van der Waals surface area contributed by atoms with E-state index in [1.807, 2.05) is 0 Å². The van der Waals surface area contributed by atoms with Crippen molar-refractivity contribution < 1.29 is 14.3 Å². The van der Waals surface area contributed by atoms with Gasteiger partial charge in [0.2, 0.25) is 0 Å². The maximum absolute atomic E-state index is 11.4. The van der Waals surface area contributed by atoms with E-state index in [0.717, 1.165) is 0 Å². The topological polar surface area (TPSA) is 61.5 Å². The van der Waals surface area contributed by atoms with Gasteiger partial charge < -0.3 is 15.2 Å². The van der Waals surface area contributed by atoms with E-state index in [-0.39, 0.29) is 12.6 Å². The summed E-state index contributed by atoms with van der Waals surface area (Å²) in [5.74, 6) is 0.250. The number of carbonyl (C=O) groups is 1. The van der Waals surface area contributed by atoms with Crippen molar-refractivity contribution >= 4 is 23.3 Å². The predicted molar refractivity (Wildman–Crippen MR) is 67.2 cm³/mol. The maximum atomic E-state index is 11.4. The number of methoxy groups -OCH3 is 1. The number of nitrogen functional groups attached to an aromatic ring is 1. The van der Waals surface area contributed by atoms with Gasteiger partial charge >= 0.3 is 5.97 Å². The Balaban J connectivity index is 2.67. The number of rotatable bonds is 4. The number of anilines is 1. The van der Waals surface area contributed by atoms with Crippen LogP contribution < -0.4 is 10.5 Å². The number of hydrogen-bond acceptors (Lipinski definition) is 4. The molecule has 94 valence electrons. The monoisotopic (exact) mass is 257 g/mol. The first-order valence-corrected chi connectivity index (χ1v) is 5.51. The Morgan fingerprint density at radius 1 is 1.47 bits per heavy atom. The van der Waals surface area contributed by atoms with E-state index in [9.17, 15) is 4.79 Å². The van der Waals surface area contributed by atoms with Crippen molar-refractivity contribution in [2.24, 2.45) is 5.41 Å². The molecule has 5 heteroatoms. The zero-order chi connectivity index (χ0) is 13.1. The van der Waals surface area contributed by atoms with Gasteiger partial charge in [-0.1, -0.05) is 11.6 Å². The fraction of sp³-hybridized carbons (Fsp3) is 0.417. The number of halogens is 1. The van der Waals surface area contributed by atoms with Crippen LogP contribution in [0.1, 0.15) is 13.8 Å². The van der Waals surface area contributed by atoms with E-state index in [0.29, 0.717) is 16.5 Å². The molecule has 0 saturated heterocycles. The summed E-state index contributed by atoms with van der Waals surface area (Å²) in [7, 11) is 1.35. The first kappa shape index (κ1) is 13.6. The third-order valence-corrected chi connectivity index (χ3v) is 2.64. The Kier molecular flexibility index (Phi) is 4.23. The van der Waals surface area contributed by atoms with Crippen LogP contribution in [0.2, 0.25) is 5.02 Å². The minimum absolute atomic E-state index is 0.208. The Hall–Kier alpha value is -1.42. The van der Waals surface area contributed by atoms with E-state index in [4.69, 9.17) is 22.1 Å². The molecule has 4 nitrogen and oxygen atoms in total. The van der Waals surface area contributed by atoms with Crippen LogP contribution in [0.5, 0.6) is 5.75 Å². The van der Waals surface area contributed by atoms with Gasteiger partial charge in [0.05, 0.1) is 23.2 Å². The minimum atomic E-state index is -0.706. The molecule has 0 unspecified atom stereocenters. The van der Waals surface area contributed by atoms with Gasteiger partial charge in [0.1, 0.15) is 12.4 Å². The van der Waals surface area contributed by atoms with Crippen LogP contribution in [0.15, 0.2) is 18.2 Å². The second-order valence-electron chi connectivity index (χ2n) is 4.35. The Morgan fingerprint density at radius 2 is 2.12 bits per heavy atom. The lowest BCUT2D eigenvalue weighted by molar-refractivity contribution is -0.152. The molecular formula is C12H16ClNO3. The highest BCUT2D eigenvalue weighted by molar-refractivity contribution is 6.33. The second kappa shape index (κ2) is 5.27. The molecule has 1 aromatic rings. The normalized spacial score (nSPS) is 11.1. The summed E-state index contributed by atoms with van der Waals surface area (Å²) in [6.45, 7) is 3.70. The molecule has 0 amide bonds. The number of nitrogens with two attached hydrogens (primary N) is 1. The molecule has 0 aliphatic heterocycles. The lowest BCUT2D eigenvalue weighted by Gasteiger charge is -2.21. The van der Waals surface area contributed by atoms with Crippen molar-refractivity contribution in [2.75, 3.05) is 19.5 Å². The molecule has 1 aromatic carbocycles. The van der Waals surface area contributed by atoms with Crippen LogP contribution in [0.3, 0.4) is 0 Å². The van der Waals surface area contributed by atoms with E-state index in [2.05, 4.69) is 4.74 Å². The van der Waals surface area contributed by atoms with Crippen LogP contribution >= 0.6 is 11.6 Å². The molecule has 0 fully saturated rings. The number of ether oxygens (including phenoxy) is 2. The molecule has 0 spiro atoms. The molecule has 0 heterocycles. The molecule has 0 aromatic heterocycles. The summed E-state index contributed by atoms with van der Waals surface area (Å²) in [5, 5.41) is 0.429. The van der Waals surface area contributed by atoms with Gasteiger partial charge in [-0.15, -0.1) is 0 Å². The number of benzene rings is 1. The van der Waals surface area contributed by atoms with E-state index in [1.165, 1.54) is 7.11 Å². The molecule has 2 N–H and O–H groups in total. The van der Waals surface area contributed by atoms with E-state index in [1.54, 1.807) is 32.0 Å². The zero-order valence-corrected chi connectivity index (χ0v) is 10.9. The van der Waals surface area contributed by atoms with E-state index < -0.39 is 5.41 Å². The predicted octanol–water partition coefficient (Wildman–Crippen LogP) is 2.50. The van der Waals surface area contributed by atoms with Crippen LogP contribution in [-0.2, 0) is 9.53 Å². The van der Waals surface area contributed by atoms with Gasteiger partial charge in [0.15, 0.2) is 0 Å². The van der Waals surface area contributed by atoms with Gasteiger partial charge in [-0.25, -0.2) is 0 Å². The molecule has 0 bridgehead atoms. The number of hydrogen-bond donors (Lipinski definition) is 1. The van der Waals surface area contributed by atoms with Gasteiger partial charge in [0, 0.05) is 6.07 Å². The summed E-state index contributed by atoms with van der Waals surface area (Å²) in [5.41, 5.74) is 5.36. The average Bonchev–Trinajstić information content (AvgIpc) is 2.29. The third-order valence-electron chi connectivity index (χ3n) is 2.31. The Labute approximate surface area is 106 Å². The quantitative estimate of drug-likeness (QED) is 0.665. The molecule has 0 radical (unpaired) electrons. The van der Waals surface area contributed by atoms with Crippen molar-refractivity contribution in [2.45, 2.75) is 13.8 Å². The molecule has 0 saturated carbocycles. The van der Waals surface area contributed by atoms with Crippen LogP contribution in [0.4, 0.5) is 5.69 Å². The minimum Gasteiger partial charge on any atom is -0.492 e. The van der Waals surface area contributed by atoms with Gasteiger partial charge in [-0.05, 0) is 26.0 Å². The lowest BCUT2D eigenvalue weighted by Crippen LogP contribution is -2.32. The van der Waals surface area contributed by atoms with Crippen molar-refractivity contribution in [1.29, 1.82) is 0 Å². The van der Waals surface area contributed by atoms with Crippen LogP contribution in [0, 0.1) is 5.41 Å². The van der Waals surface area contributed by atoms with Crippen molar-refractivity contribution in [3.63, 3.8) is 0 Å².